The summed E-state index contributed by atoms with van der Waals surface area (Å²) in [6, 6.07) is 20.0. The molecule has 3 aromatic rings. The summed E-state index contributed by atoms with van der Waals surface area (Å²) >= 11 is 0. The fraction of sp³-hybridized carbons (Fsp3) is 0. The molecule has 3 rings (SSSR count). The highest BCUT2D eigenvalue weighted by atomic mass is 16.3. The minimum absolute atomic E-state index is 0.122. The molecule has 0 aliphatic rings. The number of hydrazone groups is 1. The maximum Gasteiger partial charge on any atom is 0.271 e. The van der Waals surface area contributed by atoms with Gasteiger partial charge in [0, 0.05) is 11.1 Å². The minimum atomic E-state index is -0.295. The molecule has 0 spiro atoms. The van der Waals surface area contributed by atoms with Gasteiger partial charge in [-0.25, -0.2) is 5.43 Å². The van der Waals surface area contributed by atoms with Gasteiger partial charge in [0.15, 0.2) is 0 Å². The average Bonchev–Trinajstić information content (AvgIpc) is 2.57. The van der Waals surface area contributed by atoms with Crippen LogP contribution in [0.15, 0.2) is 71.8 Å². The Morgan fingerprint density at radius 2 is 1.68 bits per heavy atom. The Labute approximate surface area is 127 Å². The van der Waals surface area contributed by atoms with Gasteiger partial charge in [-0.1, -0.05) is 48.5 Å². The molecule has 0 fully saturated rings. The molecule has 4 heteroatoms. The molecular weight excluding hydrogens is 276 g/mol. The topological polar surface area (TPSA) is 61.7 Å². The number of rotatable bonds is 3. The van der Waals surface area contributed by atoms with Crippen LogP contribution in [0.3, 0.4) is 0 Å². The SMILES string of the molecule is O=C(NN=Cc1c(O)ccc2ccccc12)c1ccccc1. The van der Waals surface area contributed by atoms with Gasteiger partial charge in [0.1, 0.15) is 5.75 Å². The Morgan fingerprint density at radius 3 is 2.50 bits per heavy atom. The second-order valence-corrected chi connectivity index (χ2v) is 4.78. The van der Waals surface area contributed by atoms with Crippen LogP contribution in [0.4, 0.5) is 0 Å². The summed E-state index contributed by atoms with van der Waals surface area (Å²) in [5.74, 6) is -0.173. The van der Waals surface area contributed by atoms with Crippen molar-refractivity contribution in [1.82, 2.24) is 5.43 Å². The quantitative estimate of drug-likeness (QED) is 0.574. The Hall–Kier alpha value is -3.14. The van der Waals surface area contributed by atoms with Crippen LogP contribution in [0.5, 0.6) is 5.75 Å². The summed E-state index contributed by atoms with van der Waals surface area (Å²) in [7, 11) is 0. The van der Waals surface area contributed by atoms with E-state index in [1.165, 1.54) is 6.21 Å². The minimum Gasteiger partial charge on any atom is -0.507 e. The van der Waals surface area contributed by atoms with E-state index in [4.69, 9.17) is 0 Å². The van der Waals surface area contributed by atoms with Gasteiger partial charge < -0.3 is 5.11 Å². The number of phenolic OH excluding ortho intramolecular Hbond substituents is 1. The molecule has 0 aromatic heterocycles. The number of carbonyl (C=O) groups excluding carboxylic acids is 1. The first-order valence-electron chi connectivity index (χ1n) is 6.85. The maximum atomic E-state index is 11.9. The van der Waals surface area contributed by atoms with Crippen molar-refractivity contribution in [2.45, 2.75) is 0 Å². The molecule has 2 N–H and O–H groups in total. The summed E-state index contributed by atoms with van der Waals surface area (Å²) in [5.41, 5.74) is 3.56. The van der Waals surface area contributed by atoms with Gasteiger partial charge in [0.2, 0.25) is 0 Å². The molecule has 0 atom stereocenters. The fourth-order valence-electron chi connectivity index (χ4n) is 2.23. The van der Waals surface area contributed by atoms with Crippen molar-refractivity contribution in [3.05, 3.63) is 77.9 Å². The van der Waals surface area contributed by atoms with Crippen molar-refractivity contribution >= 4 is 22.9 Å². The molecule has 108 valence electrons. The zero-order valence-electron chi connectivity index (χ0n) is 11.7. The number of nitrogens with zero attached hydrogens (tertiary/aromatic N) is 1. The molecule has 0 saturated carbocycles. The molecule has 4 nitrogen and oxygen atoms in total. The normalized spacial score (nSPS) is 10.9. The number of benzene rings is 3. The molecule has 0 aliphatic heterocycles. The lowest BCUT2D eigenvalue weighted by molar-refractivity contribution is 0.0955. The zero-order valence-corrected chi connectivity index (χ0v) is 11.7. The summed E-state index contributed by atoms with van der Waals surface area (Å²) in [6.07, 6.45) is 1.46. The average molecular weight is 290 g/mol. The Balaban J connectivity index is 1.84. The van der Waals surface area contributed by atoms with Crippen molar-refractivity contribution < 1.29 is 9.90 Å². The number of amides is 1. The molecule has 0 radical (unpaired) electrons. The van der Waals surface area contributed by atoms with E-state index in [2.05, 4.69) is 10.5 Å². The molecule has 0 heterocycles. The number of phenols is 1. The molecule has 0 aliphatic carbocycles. The number of fused-ring (bicyclic) bond motifs is 1. The second kappa shape index (κ2) is 6.10. The third kappa shape index (κ3) is 2.81. The molecule has 0 unspecified atom stereocenters. The standard InChI is InChI=1S/C18H14N2O2/c21-17-11-10-13-6-4-5-9-15(13)16(17)12-19-20-18(22)14-7-2-1-3-8-14/h1-12,21H,(H,20,22). The van der Waals surface area contributed by atoms with Crippen LogP contribution in [0.1, 0.15) is 15.9 Å². The van der Waals surface area contributed by atoms with Gasteiger partial charge >= 0.3 is 0 Å². The number of carbonyl (C=O) groups is 1. The number of hydrogen-bond acceptors (Lipinski definition) is 3. The molecule has 22 heavy (non-hydrogen) atoms. The summed E-state index contributed by atoms with van der Waals surface area (Å²) < 4.78 is 0. The smallest absolute Gasteiger partial charge is 0.271 e. The van der Waals surface area contributed by atoms with Crippen molar-refractivity contribution in [2.24, 2.45) is 5.10 Å². The van der Waals surface area contributed by atoms with Gasteiger partial charge in [-0.3, -0.25) is 4.79 Å². The van der Waals surface area contributed by atoms with E-state index in [1.807, 2.05) is 36.4 Å². The first-order valence-corrected chi connectivity index (χ1v) is 6.85. The number of hydrogen-bond donors (Lipinski definition) is 2. The van der Waals surface area contributed by atoms with Gasteiger partial charge in [0.05, 0.1) is 6.21 Å². The van der Waals surface area contributed by atoms with Gasteiger partial charge in [0.25, 0.3) is 5.91 Å². The van der Waals surface area contributed by atoms with Crippen LogP contribution < -0.4 is 5.43 Å². The maximum absolute atomic E-state index is 11.9. The van der Waals surface area contributed by atoms with Gasteiger partial charge in [-0.2, -0.15) is 5.10 Å². The Kier molecular flexibility index (Phi) is 3.83. The summed E-state index contributed by atoms with van der Waals surface area (Å²) in [5, 5.41) is 15.8. The highest BCUT2D eigenvalue weighted by Crippen LogP contribution is 2.25. The highest BCUT2D eigenvalue weighted by Gasteiger charge is 2.05. The van der Waals surface area contributed by atoms with Crippen molar-refractivity contribution in [1.29, 1.82) is 0 Å². The van der Waals surface area contributed by atoms with Crippen molar-refractivity contribution in [3.8, 4) is 5.75 Å². The predicted molar refractivity (Wildman–Crippen MR) is 87.1 cm³/mol. The predicted octanol–water partition coefficient (Wildman–Crippen LogP) is 3.31. The summed E-state index contributed by atoms with van der Waals surface area (Å²) in [4.78, 5) is 11.9. The largest absolute Gasteiger partial charge is 0.507 e. The van der Waals surface area contributed by atoms with E-state index >= 15 is 0 Å². The molecule has 1 amide bonds. The molecular formula is C18H14N2O2. The monoisotopic (exact) mass is 290 g/mol. The van der Waals surface area contributed by atoms with Crippen LogP contribution in [0.2, 0.25) is 0 Å². The fourth-order valence-corrected chi connectivity index (χ4v) is 2.23. The highest BCUT2D eigenvalue weighted by molar-refractivity contribution is 6.03. The van der Waals surface area contributed by atoms with E-state index in [0.717, 1.165) is 10.8 Å². The lowest BCUT2D eigenvalue weighted by Gasteiger charge is -2.04. The van der Waals surface area contributed by atoms with Crippen LogP contribution >= 0.6 is 0 Å². The first kappa shape index (κ1) is 13.8. The summed E-state index contributed by atoms with van der Waals surface area (Å²) in [6.45, 7) is 0. The third-order valence-electron chi connectivity index (χ3n) is 3.34. The second-order valence-electron chi connectivity index (χ2n) is 4.78. The van der Waals surface area contributed by atoms with E-state index < -0.39 is 0 Å². The van der Waals surface area contributed by atoms with Crippen LogP contribution in [0, 0.1) is 0 Å². The van der Waals surface area contributed by atoms with Gasteiger partial charge in [-0.05, 0) is 29.0 Å². The van der Waals surface area contributed by atoms with E-state index in [1.54, 1.807) is 30.3 Å². The third-order valence-corrected chi connectivity index (χ3v) is 3.34. The number of aromatic hydroxyl groups is 1. The van der Waals surface area contributed by atoms with Crippen LogP contribution in [-0.4, -0.2) is 17.2 Å². The molecule has 0 bridgehead atoms. The number of nitrogens with one attached hydrogen (secondary N) is 1. The Morgan fingerprint density at radius 1 is 0.955 bits per heavy atom. The van der Waals surface area contributed by atoms with Crippen molar-refractivity contribution in [2.75, 3.05) is 0 Å². The van der Waals surface area contributed by atoms with Crippen LogP contribution in [0.25, 0.3) is 10.8 Å². The lowest BCUT2D eigenvalue weighted by Crippen LogP contribution is -2.17. The van der Waals surface area contributed by atoms with Gasteiger partial charge in [-0.15, -0.1) is 0 Å². The molecule has 3 aromatic carbocycles. The van der Waals surface area contributed by atoms with E-state index in [9.17, 15) is 9.90 Å². The zero-order chi connectivity index (χ0) is 15.4. The van der Waals surface area contributed by atoms with Crippen molar-refractivity contribution in [3.63, 3.8) is 0 Å². The van der Waals surface area contributed by atoms with E-state index in [-0.39, 0.29) is 11.7 Å². The van der Waals surface area contributed by atoms with E-state index in [0.29, 0.717) is 11.1 Å². The van der Waals surface area contributed by atoms with Crippen LogP contribution in [-0.2, 0) is 0 Å². The molecule has 0 saturated heterocycles. The lowest BCUT2D eigenvalue weighted by atomic mass is 10.0. The Bertz CT molecular complexity index is 842. The first-order chi connectivity index (χ1) is 10.8.